The van der Waals surface area contributed by atoms with E-state index in [4.69, 9.17) is 4.42 Å². The molecule has 1 aromatic heterocycles. The minimum Gasteiger partial charge on any atom is -0.467 e. The largest absolute Gasteiger partial charge is 0.467 e. The molecule has 0 saturated heterocycles. The van der Waals surface area contributed by atoms with E-state index in [-0.39, 0.29) is 6.61 Å². The second-order valence-corrected chi connectivity index (χ2v) is 4.77. The Morgan fingerprint density at radius 3 is 2.94 bits per heavy atom. The van der Waals surface area contributed by atoms with E-state index in [1.54, 1.807) is 18.4 Å². The smallest absolute Gasteiger partial charge is 0.133 e. The highest BCUT2D eigenvalue weighted by atomic mass is 16.4. The van der Waals surface area contributed by atoms with Gasteiger partial charge in [-0.1, -0.05) is 12.8 Å². The summed E-state index contributed by atoms with van der Waals surface area (Å²) < 4.78 is 5.15. The summed E-state index contributed by atoms with van der Waals surface area (Å²) in [6.45, 7) is 0.712. The van der Waals surface area contributed by atoms with Gasteiger partial charge in [-0.05, 0) is 30.9 Å². The lowest BCUT2D eigenvalue weighted by Crippen LogP contribution is -2.41. The molecule has 2 rings (SSSR count). The van der Waals surface area contributed by atoms with Gasteiger partial charge in [0.15, 0.2) is 0 Å². The van der Waals surface area contributed by atoms with Gasteiger partial charge in [0.1, 0.15) is 11.9 Å². The Hall–Kier alpha value is -0.840. The zero-order valence-electron chi connectivity index (χ0n) is 10.0. The van der Waals surface area contributed by atoms with Crippen LogP contribution in [0.3, 0.4) is 0 Å². The number of furan rings is 1. The minimum atomic E-state index is -0.605. The first-order valence-corrected chi connectivity index (χ1v) is 6.37. The summed E-state index contributed by atoms with van der Waals surface area (Å²) in [5.74, 6) is 0.918. The first kappa shape index (κ1) is 12.6. The molecule has 0 spiro atoms. The molecule has 3 N–H and O–H groups in total. The van der Waals surface area contributed by atoms with Crippen LogP contribution in [-0.2, 0) is 0 Å². The molecular weight excluding hydrogens is 218 g/mol. The fourth-order valence-electron chi connectivity index (χ4n) is 2.54. The van der Waals surface area contributed by atoms with Crippen LogP contribution in [0.4, 0.5) is 0 Å². The van der Waals surface area contributed by atoms with Crippen LogP contribution in [-0.4, -0.2) is 29.4 Å². The van der Waals surface area contributed by atoms with Crippen molar-refractivity contribution >= 4 is 0 Å². The highest BCUT2D eigenvalue weighted by Gasteiger charge is 2.24. The topological polar surface area (TPSA) is 65.6 Å². The van der Waals surface area contributed by atoms with E-state index < -0.39 is 6.10 Å². The van der Waals surface area contributed by atoms with Gasteiger partial charge in [-0.3, -0.25) is 0 Å². The summed E-state index contributed by atoms with van der Waals surface area (Å²) in [6.07, 6.45) is 5.51. The molecule has 1 fully saturated rings. The van der Waals surface area contributed by atoms with Crippen molar-refractivity contribution in [2.75, 3.05) is 13.2 Å². The van der Waals surface area contributed by atoms with E-state index in [9.17, 15) is 10.2 Å². The van der Waals surface area contributed by atoms with E-state index in [1.807, 2.05) is 0 Å². The van der Waals surface area contributed by atoms with Crippen molar-refractivity contribution in [2.24, 2.45) is 5.92 Å². The Morgan fingerprint density at radius 1 is 1.41 bits per heavy atom. The molecule has 3 unspecified atom stereocenters. The SMILES string of the molecule is OCC1CCCCC1NCC(O)c1ccco1. The highest BCUT2D eigenvalue weighted by molar-refractivity contribution is 5.02. The molecule has 0 amide bonds. The van der Waals surface area contributed by atoms with Gasteiger partial charge in [-0.15, -0.1) is 0 Å². The van der Waals surface area contributed by atoms with Crippen LogP contribution in [0.1, 0.15) is 37.5 Å². The van der Waals surface area contributed by atoms with Gasteiger partial charge >= 0.3 is 0 Å². The molecule has 1 saturated carbocycles. The quantitative estimate of drug-likeness (QED) is 0.727. The van der Waals surface area contributed by atoms with Gasteiger partial charge in [0.05, 0.1) is 6.26 Å². The van der Waals surface area contributed by atoms with Gasteiger partial charge < -0.3 is 19.9 Å². The molecule has 0 bridgehead atoms. The molecule has 1 aliphatic rings. The molecule has 96 valence electrons. The molecule has 17 heavy (non-hydrogen) atoms. The zero-order valence-corrected chi connectivity index (χ0v) is 10.0. The molecular formula is C13H21NO3. The lowest BCUT2D eigenvalue weighted by Gasteiger charge is -2.31. The molecule has 1 aromatic rings. The molecule has 0 radical (unpaired) electrons. The van der Waals surface area contributed by atoms with Crippen molar-refractivity contribution < 1.29 is 14.6 Å². The van der Waals surface area contributed by atoms with Crippen LogP contribution in [0.15, 0.2) is 22.8 Å². The van der Waals surface area contributed by atoms with E-state index >= 15 is 0 Å². The van der Waals surface area contributed by atoms with Crippen molar-refractivity contribution in [1.82, 2.24) is 5.32 Å². The lowest BCUT2D eigenvalue weighted by molar-refractivity contribution is 0.115. The number of nitrogens with one attached hydrogen (secondary N) is 1. The second-order valence-electron chi connectivity index (χ2n) is 4.77. The van der Waals surface area contributed by atoms with Crippen LogP contribution in [0.25, 0.3) is 0 Å². The van der Waals surface area contributed by atoms with Crippen LogP contribution >= 0.6 is 0 Å². The van der Waals surface area contributed by atoms with Crippen molar-refractivity contribution in [1.29, 1.82) is 0 Å². The van der Waals surface area contributed by atoms with E-state index in [1.165, 1.54) is 12.8 Å². The maximum atomic E-state index is 9.88. The Balaban J connectivity index is 1.80. The molecule has 0 aliphatic heterocycles. The van der Waals surface area contributed by atoms with Crippen LogP contribution in [0, 0.1) is 5.92 Å². The third kappa shape index (κ3) is 3.31. The molecule has 3 atom stereocenters. The van der Waals surface area contributed by atoms with Crippen LogP contribution < -0.4 is 5.32 Å². The predicted molar refractivity (Wildman–Crippen MR) is 64.5 cm³/mol. The summed E-state index contributed by atoms with van der Waals surface area (Å²) in [4.78, 5) is 0. The Bertz CT molecular complexity index is 312. The van der Waals surface area contributed by atoms with Gasteiger partial charge in [0.2, 0.25) is 0 Å². The second kappa shape index (κ2) is 6.19. The first-order valence-electron chi connectivity index (χ1n) is 6.37. The van der Waals surface area contributed by atoms with Crippen LogP contribution in [0.5, 0.6) is 0 Å². The fourth-order valence-corrected chi connectivity index (χ4v) is 2.54. The number of hydrogen-bond acceptors (Lipinski definition) is 4. The Morgan fingerprint density at radius 2 is 2.24 bits per heavy atom. The summed E-state index contributed by atoms with van der Waals surface area (Å²) >= 11 is 0. The fraction of sp³-hybridized carbons (Fsp3) is 0.692. The van der Waals surface area contributed by atoms with Gasteiger partial charge in [-0.2, -0.15) is 0 Å². The first-order chi connectivity index (χ1) is 8.31. The third-order valence-electron chi connectivity index (χ3n) is 3.59. The number of aliphatic hydroxyl groups is 2. The van der Waals surface area contributed by atoms with Crippen molar-refractivity contribution in [2.45, 2.75) is 37.8 Å². The zero-order chi connectivity index (χ0) is 12.1. The summed E-state index contributed by atoms with van der Waals surface area (Å²) in [6, 6.07) is 3.87. The summed E-state index contributed by atoms with van der Waals surface area (Å²) in [5.41, 5.74) is 0. The molecule has 4 heteroatoms. The molecule has 0 aromatic carbocycles. The maximum Gasteiger partial charge on any atom is 0.133 e. The number of aliphatic hydroxyl groups excluding tert-OH is 2. The van der Waals surface area contributed by atoms with Gasteiger partial charge in [0.25, 0.3) is 0 Å². The highest BCUT2D eigenvalue weighted by Crippen LogP contribution is 2.24. The standard InChI is InChI=1S/C13H21NO3/c15-9-10-4-1-2-5-11(10)14-8-12(16)13-6-3-7-17-13/h3,6-7,10-12,14-16H,1-2,4-5,8-9H2. The number of hydrogen-bond donors (Lipinski definition) is 3. The van der Waals surface area contributed by atoms with Crippen LogP contribution in [0.2, 0.25) is 0 Å². The monoisotopic (exact) mass is 239 g/mol. The summed E-state index contributed by atoms with van der Waals surface area (Å²) in [5, 5.41) is 22.5. The van der Waals surface area contributed by atoms with Gasteiger partial charge in [0, 0.05) is 19.2 Å². The van der Waals surface area contributed by atoms with E-state index in [0.29, 0.717) is 24.3 Å². The van der Waals surface area contributed by atoms with Gasteiger partial charge in [-0.25, -0.2) is 0 Å². The molecule has 1 heterocycles. The minimum absolute atomic E-state index is 0.231. The molecule has 1 aliphatic carbocycles. The molecule has 4 nitrogen and oxygen atoms in total. The lowest BCUT2D eigenvalue weighted by atomic mass is 9.85. The number of rotatable bonds is 5. The average molecular weight is 239 g/mol. The maximum absolute atomic E-state index is 9.88. The predicted octanol–water partition coefficient (Wildman–Crippen LogP) is 1.45. The third-order valence-corrected chi connectivity index (χ3v) is 3.59. The Labute approximate surface area is 102 Å². The van der Waals surface area contributed by atoms with E-state index in [0.717, 1.165) is 12.8 Å². The summed E-state index contributed by atoms with van der Waals surface area (Å²) in [7, 11) is 0. The normalized spacial score (nSPS) is 26.9. The van der Waals surface area contributed by atoms with Crippen molar-refractivity contribution in [3.05, 3.63) is 24.2 Å². The van der Waals surface area contributed by atoms with Crippen molar-refractivity contribution in [3.8, 4) is 0 Å². The Kier molecular flexibility index (Phi) is 4.59. The van der Waals surface area contributed by atoms with Crippen molar-refractivity contribution in [3.63, 3.8) is 0 Å². The average Bonchev–Trinajstić information content (AvgIpc) is 2.90. The van der Waals surface area contributed by atoms with E-state index in [2.05, 4.69) is 5.32 Å².